The number of hydrogen-bond acceptors (Lipinski definition) is 27. The average Bonchev–Trinajstić information content (AvgIpc) is 4.51. The van der Waals surface area contributed by atoms with Gasteiger partial charge in [-0.2, -0.15) is 0 Å². The third-order valence-electron chi connectivity index (χ3n) is 8.31. The van der Waals surface area contributed by atoms with Crippen LogP contribution in [0.4, 0.5) is 0 Å². The zero-order valence-corrected chi connectivity index (χ0v) is 49.5. The van der Waals surface area contributed by atoms with Gasteiger partial charge in [0, 0.05) is 102 Å². The molecular formula is C48H89N19O18. The highest BCUT2D eigenvalue weighted by Gasteiger charge is 2.35. The molecule has 22 N–H and O–H groups in total. The molecule has 6 aliphatic heterocycles. The van der Waals surface area contributed by atoms with E-state index in [1.807, 2.05) is 0 Å². The van der Waals surface area contributed by atoms with E-state index in [4.69, 9.17) is 0 Å². The molecule has 0 aromatic heterocycles. The standard InChI is InChI=1S/C10H8N2O6.4C7H8N2O3.9CH5N.CH4/c13-6-1-2-7(14)11(6)5-10(17)18-12-8(15)3-4-9(12)16;4*1-8-5(10)4-9-6(11)2-3-7(9)12;9*1-2;/h1-2H,3-5H2;4*2-3H,4H2,1H3,(H,8,10);9*2H2,1H3;1H4. The molecule has 1 saturated heterocycles. The lowest BCUT2D eigenvalue weighted by atomic mass is 10.4. The third kappa shape index (κ3) is 38.8. The summed E-state index contributed by atoms with van der Waals surface area (Å²) in [6.07, 6.45) is 11.1. The number of nitrogens with zero attached hydrogens (tertiary/aromatic N) is 6. The van der Waals surface area contributed by atoms with Crippen LogP contribution in [-0.2, 0) is 86.3 Å². The number of imide groups is 6. The van der Waals surface area contributed by atoms with E-state index in [2.05, 4.69) is 77.7 Å². The van der Waals surface area contributed by atoms with Gasteiger partial charge >= 0.3 is 5.97 Å². The van der Waals surface area contributed by atoms with Crippen molar-refractivity contribution in [3.63, 3.8) is 0 Å². The van der Waals surface area contributed by atoms with Gasteiger partial charge in [-0.3, -0.25) is 101 Å². The van der Waals surface area contributed by atoms with E-state index >= 15 is 0 Å². The van der Waals surface area contributed by atoms with Gasteiger partial charge in [0.2, 0.25) is 23.6 Å². The van der Waals surface area contributed by atoms with Crippen molar-refractivity contribution < 1.29 is 86.3 Å². The molecule has 484 valence electrons. The van der Waals surface area contributed by atoms with Crippen LogP contribution in [0.2, 0.25) is 0 Å². The Balaban J connectivity index is -0.000000114. The first kappa shape index (κ1) is 94.8. The summed E-state index contributed by atoms with van der Waals surface area (Å²) in [5.74, 6) is -8.52. The molecule has 16 amide bonds. The Bertz CT molecular complexity index is 1990. The quantitative estimate of drug-likeness (QED) is 0.0855. The number of hydroxylamine groups is 2. The van der Waals surface area contributed by atoms with E-state index in [1.54, 1.807) is 0 Å². The summed E-state index contributed by atoms with van der Waals surface area (Å²) >= 11 is 0. The number of rotatable bonds is 11. The molecule has 1 fully saturated rings. The minimum absolute atomic E-state index is 0. The van der Waals surface area contributed by atoms with Gasteiger partial charge in [0.15, 0.2) is 0 Å². The SMILES string of the molecule is C.CN.CN.CN.CN.CN.CN.CN.CN.CN.CNC(=O)CN1C(=O)C=CC1=O.CNC(=O)CN1C(=O)C=CC1=O.CNC(=O)CN1C(=O)C=CC1=O.CNC(=O)CN1C(=O)C=CC1=O.O=C(CN1C(=O)C=CC1=O)ON1C(=O)CCC1=O. The largest absolute Gasteiger partial charge is 0.358 e. The van der Waals surface area contributed by atoms with Crippen LogP contribution in [0.25, 0.3) is 0 Å². The molecule has 0 aliphatic carbocycles. The highest BCUT2D eigenvalue weighted by Crippen LogP contribution is 2.13. The summed E-state index contributed by atoms with van der Waals surface area (Å²) in [7, 11) is 19.3. The Morgan fingerprint density at radius 2 is 0.459 bits per heavy atom. The third-order valence-corrected chi connectivity index (χ3v) is 8.31. The monoisotopic (exact) mass is 1220 g/mol. The molecule has 6 aliphatic rings. The lowest BCUT2D eigenvalue weighted by Gasteiger charge is -2.16. The maximum Gasteiger partial charge on any atom is 0.352 e. The van der Waals surface area contributed by atoms with Gasteiger partial charge < -0.3 is 77.7 Å². The van der Waals surface area contributed by atoms with E-state index in [1.165, 1.54) is 91.6 Å². The van der Waals surface area contributed by atoms with Crippen molar-refractivity contribution in [3.05, 3.63) is 60.8 Å². The molecular weight excluding hydrogens is 1130 g/mol. The first-order valence-corrected chi connectivity index (χ1v) is 23.8. The van der Waals surface area contributed by atoms with Crippen molar-refractivity contribution in [3.8, 4) is 0 Å². The van der Waals surface area contributed by atoms with Crippen LogP contribution in [0.3, 0.4) is 0 Å². The number of nitrogens with two attached hydrogens (primary N) is 9. The van der Waals surface area contributed by atoms with Gasteiger partial charge in [-0.1, -0.05) is 7.43 Å². The molecule has 0 spiro atoms. The second-order valence-electron chi connectivity index (χ2n) is 12.7. The van der Waals surface area contributed by atoms with E-state index in [-0.39, 0.29) is 70.1 Å². The van der Waals surface area contributed by atoms with Crippen LogP contribution in [0.5, 0.6) is 0 Å². The predicted molar refractivity (Wildman–Crippen MR) is 310 cm³/mol. The van der Waals surface area contributed by atoms with Crippen LogP contribution in [0.15, 0.2) is 60.8 Å². The molecule has 6 heterocycles. The molecule has 0 unspecified atom stereocenters. The zero-order valence-electron chi connectivity index (χ0n) is 49.5. The van der Waals surface area contributed by atoms with Crippen LogP contribution in [0, 0.1) is 0 Å². The van der Waals surface area contributed by atoms with E-state index in [0.717, 1.165) is 80.4 Å². The molecule has 37 nitrogen and oxygen atoms in total. The fraction of sp³-hybridized carbons (Fsp3) is 0.438. The Labute approximate surface area is 493 Å². The van der Waals surface area contributed by atoms with Crippen molar-refractivity contribution in [1.29, 1.82) is 0 Å². The van der Waals surface area contributed by atoms with Gasteiger partial charge in [-0.15, -0.1) is 5.06 Å². The van der Waals surface area contributed by atoms with Gasteiger partial charge in [-0.05, 0) is 63.4 Å². The second kappa shape index (κ2) is 60.6. The predicted octanol–water partition coefficient (Wildman–Crippen LogP) is -10.0. The molecule has 0 radical (unpaired) electrons. The lowest BCUT2D eigenvalue weighted by molar-refractivity contribution is -0.198. The summed E-state index contributed by atoms with van der Waals surface area (Å²) in [6.45, 7) is -1.47. The minimum Gasteiger partial charge on any atom is -0.358 e. The summed E-state index contributed by atoms with van der Waals surface area (Å²) < 4.78 is 0. The topological polar surface area (TPSA) is 601 Å². The van der Waals surface area contributed by atoms with E-state index in [0.29, 0.717) is 9.96 Å². The maximum absolute atomic E-state index is 11.4. The number of carbonyl (C=O) groups excluding carboxylic acids is 17. The van der Waals surface area contributed by atoms with Crippen LogP contribution < -0.4 is 72.9 Å². The molecule has 85 heavy (non-hydrogen) atoms. The number of carbonyl (C=O) groups is 17. The smallest absolute Gasteiger partial charge is 0.352 e. The van der Waals surface area contributed by atoms with E-state index in [9.17, 15) is 81.5 Å². The Morgan fingerprint density at radius 1 is 0.318 bits per heavy atom. The Kier molecular flexibility index (Phi) is 67.6. The Hall–Kier alpha value is -9.47. The molecule has 0 saturated carbocycles. The van der Waals surface area contributed by atoms with Crippen molar-refractivity contribution in [1.82, 2.24) is 50.8 Å². The maximum atomic E-state index is 11.4. The normalized spacial score (nSPS) is 13.5. The highest BCUT2D eigenvalue weighted by molar-refractivity contribution is 6.17. The van der Waals surface area contributed by atoms with Gasteiger partial charge in [-0.25, -0.2) is 4.79 Å². The summed E-state index contributed by atoms with van der Waals surface area (Å²) in [4.78, 5) is 195. The van der Waals surface area contributed by atoms with Gasteiger partial charge in [0.1, 0.15) is 32.7 Å². The van der Waals surface area contributed by atoms with Gasteiger partial charge in [0.05, 0.1) is 0 Å². The van der Waals surface area contributed by atoms with Crippen LogP contribution in [-0.4, -0.2) is 254 Å². The lowest BCUT2D eigenvalue weighted by Crippen LogP contribution is -2.40. The molecule has 6 rings (SSSR count). The zero-order chi connectivity index (χ0) is 67.8. The average molecular weight is 1220 g/mol. The summed E-state index contributed by atoms with van der Waals surface area (Å²) in [5, 5.41) is 9.64. The molecule has 0 atom stereocenters. The van der Waals surface area contributed by atoms with Gasteiger partial charge in [0.25, 0.3) is 70.9 Å². The van der Waals surface area contributed by atoms with Crippen molar-refractivity contribution >= 4 is 100 Å². The van der Waals surface area contributed by atoms with Crippen molar-refractivity contribution in [2.45, 2.75) is 20.3 Å². The first-order valence-electron chi connectivity index (χ1n) is 23.8. The fourth-order valence-electron chi connectivity index (χ4n) is 4.74. The molecule has 0 aromatic rings. The minimum atomic E-state index is -1.02. The molecule has 0 aromatic carbocycles. The molecule has 37 heteroatoms. The summed E-state index contributed by atoms with van der Waals surface area (Å²) in [6, 6.07) is 0. The fourth-order valence-corrected chi connectivity index (χ4v) is 4.74. The first-order chi connectivity index (χ1) is 40.1. The van der Waals surface area contributed by atoms with Crippen molar-refractivity contribution in [2.24, 2.45) is 51.6 Å². The van der Waals surface area contributed by atoms with Crippen molar-refractivity contribution in [2.75, 3.05) is 124 Å². The van der Waals surface area contributed by atoms with Crippen LogP contribution >= 0.6 is 0 Å². The second-order valence-corrected chi connectivity index (χ2v) is 12.7. The van der Waals surface area contributed by atoms with E-state index < -0.39 is 83.4 Å². The number of amides is 16. The number of likely N-dealkylation sites (N-methyl/N-ethyl adjacent to an activating group) is 4. The summed E-state index contributed by atoms with van der Waals surface area (Å²) in [5.41, 5.74) is 40.5. The Morgan fingerprint density at radius 3 is 0.600 bits per heavy atom. The number of hydrogen-bond donors (Lipinski definition) is 13. The van der Waals surface area contributed by atoms with Crippen LogP contribution in [0.1, 0.15) is 20.3 Å². The number of nitrogens with one attached hydrogen (secondary N) is 4. The molecule has 0 bridgehead atoms. The highest BCUT2D eigenvalue weighted by atomic mass is 16.7.